The Kier molecular flexibility index (Phi) is 1.61. The highest BCUT2D eigenvalue weighted by Crippen LogP contribution is 2.36. The van der Waals surface area contributed by atoms with Crippen molar-refractivity contribution in [1.29, 1.82) is 0 Å². The molecule has 2 heterocycles. The van der Waals surface area contributed by atoms with Crippen LogP contribution in [0.4, 0.5) is 5.69 Å². The zero-order valence-electron chi connectivity index (χ0n) is 8.19. The monoisotopic (exact) mass is 196 g/mol. The van der Waals surface area contributed by atoms with Crippen molar-refractivity contribution in [2.45, 2.75) is 6.92 Å². The van der Waals surface area contributed by atoms with E-state index in [1.165, 1.54) is 6.34 Å². The van der Waals surface area contributed by atoms with E-state index in [9.17, 15) is 0 Å². The molecule has 0 bridgehead atoms. The van der Waals surface area contributed by atoms with Crippen molar-refractivity contribution >= 4 is 34.9 Å². The van der Waals surface area contributed by atoms with Crippen LogP contribution in [0, 0.1) is 6.92 Å². The van der Waals surface area contributed by atoms with Crippen molar-refractivity contribution in [2.75, 3.05) is 0 Å². The van der Waals surface area contributed by atoms with Gasteiger partial charge in [0.1, 0.15) is 17.6 Å². The molecule has 0 saturated carbocycles. The molecular formula is C12H8N2O. The van der Waals surface area contributed by atoms with Crippen LogP contribution in [0.15, 0.2) is 32.6 Å². The minimum absolute atomic E-state index is 0.719. The maximum absolute atomic E-state index is 5.66. The van der Waals surface area contributed by atoms with Gasteiger partial charge in [-0.2, -0.15) is 4.99 Å². The van der Waals surface area contributed by atoms with Gasteiger partial charge in [0.05, 0.1) is 0 Å². The largest absolute Gasteiger partial charge is 0.454 e. The normalized spacial score (nSPS) is 13.1. The van der Waals surface area contributed by atoms with Gasteiger partial charge >= 0.3 is 0 Å². The molecule has 2 aromatic rings. The van der Waals surface area contributed by atoms with Crippen LogP contribution in [0.1, 0.15) is 11.3 Å². The highest BCUT2D eigenvalue weighted by Gasteiger charge is 2.13. The van der Waals surface area contributed by atoms with Gasteiger partial charge in [0, 0.05) is 11.5 Å². The number of rotatable bonds is 0. The molecule has 0 amide bonds. The molecule has 0 saturated heterocycles. The zero-order valence-corrected chi connectivity index (χ0v) is 8.19. The van der Waals surface area contributed by atoms with Crippen molar-refractivity contribution < 1.29 is 4.42 Å². The third kappa shape index (κ3) is 1.14. The first kappa shape index (κ1) is 8.21. The molecule has 15 heavy (non-hydrogen) atoms. The van der Waals surface area contributed by atoms with E-state index < -0.39 is 0 Å². The van der Waals surface area contributed by atoms with Crippen LogP contribution >= 0.6 is 0 Å². The van der Waals surface area contributed by atoms with Gasteiger partial charge in [-0.1, -0.05) is 12.1 Å². The number of fused-ring (bicyclic) bond motifs is 3. The Labute approximate surface area is 86.5 Å². The molecule has 0 unspecified atom stereocenters. The van der Waals surface area contributed by atoms with Gasteiger partial charge in [-0.3, -0.25) is 0 Å². The summed E-state index contributed by atoms with van der Waals surface area (Å²) in [6, 6.07) is 5.96. The molecule has 0 atom stereocenters. The molecule has 0 aliphatic carbocycles. The average Bonchev–Trinajstić information content (AvgIpc) is 2.43. The average molecular weight is 196 g/mol. The Hall–Kier alpha value is -2.12. The highest BCUT2D eigenvalue weighted by atomic mass is 16.3. The van der Waals surface area contributed by atoms with Gasteiger partial charge in [0.2, 0.25) is 0 Å². The summed E-state index contributed by atoms with van der Waals surface area (Å²) < 4.78 is 5.66. The van der Waals surface area contributed by atoms with E-state index in [1.54, 1.807) is 6.08 Å². The van der Waals surface area contributed by atoms with Crippen LogP contribution in [0.3, 0.4) is 0 Å². The summed E-state index contributed by atoms with van der Waals surface area (Å²) in [6.07, 6.45) is 3.20. The van der Waals surface area contributed by atoms with Crippen LogP contribution in [-0.2, 0) is 0 Å². The smallest absolute Gasteiger partial charge is 0.163 e. The van der Waals surface area contributed by atoms with E-state index in [4.69, 9.17) is 4.42 Å². The number of hydrogen-bond donors (Lipinski definition) is 0. The molecule has 0 spiro atoms. The van der Waals surface area contributed by atoms with E-state index in [1.807, 2.05) is 25.1 Å². The fourth-order valence-corrected chi connectivity index (χ4v) is 1.76. The number of aliphatic imine (C=N–C) groups is 2. The molecule has 1 aliphatic heterocycles. The second-order valence-corrected chi connectivity index (χ2v) is 3.41. The maximum atomic E-state index is 5.66. The molecule has 3 nitrogen and oxygen atoms in total. The van der Waals surface area contributed by atoms with E-state index in [0.29, 0.717) is 0 Å². The number of furan rings is 1. The lowest BCUT2D eigenvalue weighted by Crippen LogP contribution is -1.73. The predicted octanol–water partition coefficient (Wildman–Crippen LogP) is 3.10. The molecular weight excluding hydrogens is 188 g/mol. The van der Waals surface area contributed by atoms with Gasteiger partial charge in [0.15, 0.2) is 5.76 Å². The van der Waals surface area contributed by atoms with Crippen molar-refractivity contribution in [2.24, 2.45) is 9.98 Å². The third-order valence-corrected chi connectivity index (χ3v) is 2.44. The molecule has 1 aromatic carbocycles. The summed E-state index contributed by atoms with van der Waals surface area (Å²) in [5.74, 6) is 3.46. The first-order valence-electron chi connectivity index (χ1n) is 4.69. The lowest BCUT2D eigenvalue weighted by Gasteiger charge is -1.94. The lowest BCUT2D eigenvalue weighted by atomic mass is 10.1. The topological polar surface area (TPSA) is 37.9 Å². The van der Waals surface area contributed by atoms with Crippen LogP contribution in [-0.4, -0.2) is 12.2 Å². The number of aryl methyl sites for hydroxylation is 1. The number of benzene rings is 1. The summed E-state index contributed by atoms with van der Waals surface area (Å²) in [7, 11) is 0. The fraction of sp³-hybridized carbons (Fsp3) is 0.0833. The van der Waals surface area contributed by atoms with Gasteiger partial charge in [-0.15, -0.1) is 0 Å². The Morgan fingerprint density at radius 2 is 2.27 bits per heavy atom. The summed E-state index contributed by atoms with van der Waals surface area (Å²) in [5, 5.41) is 1.05. The Morgan fingerprint density at radius 1 is 1.33 bits per heavy atom. The molecule has 72 valence electrons. The van der Waals surface area contributed by atoms with Crippen molar-refractivity contribution in [1.82, 2.24) is 0 Å². The summed E-state index contributed by atoms with van der Waals surface area (Å²) in [4.78, 5) is 8.09. The third-order valence-electron chi connectivity index (χ3n) is 2.44. The quantitative estimate of drug-likeness (QED) is 0.638. The van der Waals surface area contributed by atoms with Crippen molar-refractivity contribution in [3.8, 4) is 0 Å². The molecule has 0 N–H and O–H groups in total. The molecule has 0 radical (unpaired) electrons. The standard InChI is InChI=1S/C12H8N2O/c1-8-3-2-4-9-11(8)12-10(15-9)5-6-13-7-14-12/h2-5,7H,1H3. The van der Waals surface area contributed by atoms with Gasteiger partial charge < -0.3 is 4.42 Å². The minimum Gasteiger partial charge on any atom is -0.454 e. The maximum Gasteiger partial charge on any atom is 0.163 e. The van der Waals surface area contributed by atoms with Crippen LogP contribution in [0.2, 0.25) is 0 Å². The van der Waals surface area contributed by atoms with E-state index >= 15 is 0 Å². The Bertz CT molecular complexity index is 628. The SMILES string of the molecule is Cc1cccc2oc3c(c12)N=CN=C=C3. The van der Waals surface area contributed by atoms with Crippen molar-refractivity contribution in [3.05, 3.63) is 29.5 Å². The van der Waals surface area contributed by atoms with E-state index in [2.05, 4.69) is 15.9 Å². The number of hydrogen-bond acceptors (Lipinski definition) is 3. The molecule has 1 aromatic heterocycles. The van der Waals surface area contributed by atoms with Crippen LogP contribution in [0.25, 0.3) is 17.0 Å². The lowest BCUT2D eigenvalue weighted by molar-refractivity contribution is 0.605. The van der Waals surface area contributed by atoms with Crippen molar-refractivity contribution in [3.63, 3.8) is 0 Å². The second kappa shape index (κ2) is 2.94. The predicted molar refractivity (Wildman–Crippen MR) is 61.0 cm³/mol. The molecule has 3 heteroatoms. The summed E-state index contributed by atoms with van der Waals surface area (Å²) in [6.45, 7) is 2.04. The van der Waals surface area contributed by atoms with Crippen LogP contribution < -0.4 is 0 Å². The van der Waals surface area contributed by atoms with E-state index in [0.717, 1.165) is 28.0 Å². The molecule has 0 fully saturated rings. The first-order valence-corrected chi connectivity index (χ1v) is 4.69. The summed E-state index contributed by atoms with van der Waals surface area (Å²) >= 11 is 0. The van der Waals surface area contributed by atoms with E-state index in [-0.39, 0.29) is 0 Å². The van der Waals surface area contributed by atoms with Gasteiger partial charge in [-0.25, -0.2) is 4.99 Å². The van der Waals surface area contributed by atoms with Gasteiger partial charge in [0.25, 0.3) is 0 Å². The highest BCUT2D eigenvalue weighted by molar-refractivity contribution is 6.01. The Morgan fingerprint density at radius 3 is 3.20 bits per heavy atom. The molecule has 3 rings (SSSR count). The molecule has 1 aliphatic rings. The second-order valence-electron chi connectivity index (χ2n) is 3.41. The fourth-order valence-electron chi connectivity index (χ4n) is 1.76. The Balaban J connectivity index is 2.49. The number of nitrogens with zero attached hydrogens (tertiary/aromatic N) is 2. The van der Waals surface area contributed by atoms with Crippen LogP contribution in [0.5, 0.6) is 0 Å². The minimum atomic E-state index is 0.719. The zero-order chi connectivity index (χ0) is 10.3. The summed E-state index contributed by atoms with van der Waals surface area (Å²) in [5.41, 5.74) is 2.86. The van der Waals surface area contributed by atoms with Gasteiger partial charge in [-0.05, 0) is 24.4 Å². The first-order chi connectivity index (χ1) is 7.36.